The highest BCUT2D eigenvalue weighted by atomic mass is 16.5. The highest BCUT2D eigenvalue weighted by Crippen LogP contribution is 2.17. The minimum Gasteiger partial charge on any atom is -0.466 e. The smallest absolute Gasteiger partial charge is 0.305 e. The Bertz CT molecular complexity index is 955. The minimum atomic E-state index is -0.664. The van der Waals surface area contributed by atoms with Gasteiger partial charge in [-0.05, 0) is 51.4 Å². The van der Waals surface area contributed by atoms with Crippen molar-refractivity contribution in [3.63, 3.8) is 0 Å². The van der Waals surface area contributed by atoms with Crippen molar-refractivity contribution in [2.75, 3.05) is 13.2 Å². The normalized spacial score (nSPS) is 12.6. The number of carbonyl (C=O) groups excluding carboxylic acids is 2. The predicted molar refractivity (Wildman–Crippen MR) is 278 cm³/mol. The van der Waals surface area contributed by atoms with Gasteiger partial charge in [0.25, 0.3) is 0 Å². The van der Waals surface area contributed by atoms with E-state index < -0.39 is 12.1 Å². The summed E-state index contributed by atoms with van der Waals surface area (Å²) in [7, 11) is 0. The topological polar surface area (TPSA) is 95.9 Å². The van der Waals surface area contributed by atoms with E-state index in [1.807, 2.05) is 0 Å². The molecular formula is C58H113NO5. The average molecular weight is 905 g/mol. The van der Waals surface area contributed by atoms with Crippen LogP contribution >= 0.6 is 0 Å². The van der Waals surface area contributed by atoms with Crippen molar-refractivity contribution in [2.24, 2.45) is 0 Å². The Balaban J connectivity index is 3.36. The molecule has 64 heavy (non-hydrogen) atoms. The van der Waals surface area contributed by atoms with E-state index in [9.17, 15) is 19.8 Å². The number of rotatable bonds is 54. The lowest BCUT2D eigenvalue weighted by Gasteiger charge is -2.22. The Morgan fingerprint density at radius 1 is 0.422 bits per heavy atom. The summed E-state index contributed by atoms with van der Waals surface area (Å²) in [6.45, 7) is 4.94. The second-order valence-corrected chi connectivity index (χ2v) is 20.0. The molecule has 0 fully saturated rings. The summed E-state index contributed by atoms with van der Waals surface area (Å²) in [5.74, 6) is -0.0260. The SMILES string of the molecule is CCCCCCCCCCCCCCCCC(=O)OCCCCCCCCCCCCCC/C=C\CCCCCCCCCCC(=O)NC(CO)C(O)CCCCCCCCCCC. The molecule has 0 aliphatic carbocycles. The maximum absolute atomic E-state index is 12.4. The fourth-order valence-corrected chi connectivity index (χ4v) is 9.11. The van der Waals surface area contributed by atoms with Crippen molar-refractivity contribution >= 4 is 11.9 Å². The summed E-state index contributed by atoms with van der Waals surface area (Å²) in [6, 6.07) is -0.541. The first-order valence-electron chi connectivity index (χ1n) is 28.9. The van der Waals surface area contributed by atoms with Gasteiger partial charge in [0, 0.05) is 12.8 Å². The van der Waals surface area contributed by atoms with Crippen molar-refractivity contribution in [3.05, 3.63) is 12.2 Å². The van der Waals surface area contributed by atoms with Crippen molar-refractivity contribution in [3.8, 4) is 0 Å². The highest BCUT2D eigenvalue weighted by molar-refractivity contribution is 5.76. The quantitative estimate of drug-likeness (QED) is 0.0321. The fourth-order valence-electron chi connectivity index (χ4n) is 9.11. The third-order valence-electron chi connectivity index (χ3n) is 13.6. The number of allylic oxidation sites excluding steroid dienone is 2. The minimum absolute atomic E-state index is 0.0150. The van der Waals surface area contributed by atoms with E-state index in [1.165, 1.54) is 250 Å². The molecule has 6 heteroatoms. The van der Waals surface area contributed by atoms with Crippen molar-refractivity contribution in [1.82, 2.24) is 5.32 Å². The van der Waals surface area contributed by atoms with E-state index in [0.29, 0.717) is 25.9 Å². The lowest BCUT2D eigenvalue weighted by atomic mass is 10.0. The Morgan fingerprint density at radius 2 is 0.734 bits per heavy atom. The molecule has 0 bridgehead atoms. The second kappa shape index (κ2) is 54.2. The Morgan fingerprint density at radius 3 is 1.11 bits per heavy atom. The summed E-state index contributed by atoms with van der Waals surface area (Å²) in [4.78, 5) is 24.4. The van der Waals surface area contributed by atoms with Gasteiger partial charge in [-0.25, -0.2) is 0 Å². The largest absolute Gasteiger partial charge is 0.466 e. The molecule has 2 atom stereocenters. The molecule has 0 saturated carbocycles. The third kappa shape index (κ3) is 50.0. The molecular weight excluding hydrogens is 791 g/mol. The molecule has 0 spiro atoms. The first-order valence-corrected chi connectivity index (χ1v) is 28.9. The molecule has 0 radical (unpaired) electrons. The van der Waals surface area contributed by atoms with Crippen molar-refractivity contribution in [1.29, 1.82) is 0 Å². The van der Waals surface area contributed by atoms with Crippen LogP contribution in [0.5, 0.6) is 0 Å². The van der Waals surface area contributed by atoms with Crippen molar-refractivity contribution < 1.29 is 24.5 Å². The number of aliphatic hydroxyl groups excluding tert-OH is 2. The molecule has 0 aliphatic rings. The van der Waals surface area contributed by atoms with Gasteiger partial charge >= 0.3 is 5.97 Å². The number of esters is 1. The van der Waals surface area contributed by atoms with Crippen LogP contribution < -0.4 is 5.32 Å². The number of carbonyl (C=O) groups is 2. The lowest BCUT2D eigenvalue weighted by Crippen LogP contribution is -2.45. The number of aliphatic hydroxyl groups is 2. The summed E-state index contributed by atoms with van der Waals surface area (Å²) in [5, 5.41) is 23.1. The van der Waals surface area contributed by atoms with Crippen molar-refractivity contribution in [2.45, 2.75) is 334 Å². The van der Waals surface area contributed by atoms with Crippen LogP contribution in [0.25, 0.3) is 0 Å². The van der Waals surface area contributed by atoms with E-state index in [4.69, 9.17) is 4.74 Å². The van der Waals surface area contributed by atoms with E-state index in [2.05, 4.69) is 31.3 Å². The molecule has 0 saturated heterocycles. The van der Waals surface area contributed by atoms with E-state index in [-0.39, 0.29) is 18.5 Å². The number of ether oxygens (including phenoxy) is 1. The second-order valence-electron chi connectivity index (χ2n) is 20.0. The molecule has 0 aromatic heterocycles. The Hall–Kier alpha value is -1.40. The molecule has 3 N–H and O–H groups in total. The third-order valence-corrected chi connectivity index (χ3v) is 13.6. The van der Waals surface area contributed by atoms with Gasteiger partial charge in [0.15, 0.2) is 0 Å². The van der Waals surface area contributed by atoms with Gasteiger partial charge in [0.2, 0.25) is 5.91 Å². The van der Waals surface area contributed by atoms with Crippen LogP contribution in [0.1, 0.15) is 322 Å². The summed E-state index contributed by atoms with van der Waals surface area (Å²) < 4.78 is 5.48. The molecule has 0 aromatic carbocycles. The summed E-state index contributed by atoms with van der Waals surface area (Å²) in [5.41, 5.74) is 0. The van der Waals surface area contributed by atoms with Crippen LogP contribution in [0.2, 0.25) is 0 Å². The standard InChI is InChI=1S/C58H113NO5/c1-3-5-7-9-11-13-14-15-29-32-36-40-44-48-52-58(63)64-53-49-45-41-37-33-30-27-25-23-21-19-17-16-18-20-22-24-26-28-31-35-39-43-47-51-57(62)59-55(54-60)56(61)50-46-42-38-34-12-10-8-6-4-2/h18,20,55-56,60-61H,3-17,19,21-54H2,1-2H3,(H,59,62)/b20-18-. The van der Waals surface area contributed by atoms with Gasteiger partial charge in [-0.2, -0.15) is 0 Å². The lowest BCUT2D eigenvalue weighted by molar-refractivity contribution is -0.143. The monoisotopic (exact) mass is 904 g/mol. The fraction of sp³-hybridized carbons (Fsp3) is 0.931. The molecule has 2 unspecified atom stereocenters. The number of nitrogens with one attached hydrogen (secondary N) is 1. The first-order chi connectivity index (χ1) is 31.5. The Labute approximate surface area is 399 Å². The zero-order valence-electron chi connectivity index (χ0n) is 43.3. The highest BCUT2D eigenvalue weighted by Gasteiger charge is 2.20. The van der Waals surface area contributed by atoms with E-state index in [0.717, 1.165) is 38.5 Å². The number of hydrogen-bond donors (Lipinski definition) is 3. The Kier molecular flexibility index (Phi) is 53.0. The van der Waals surface area contributed by atoms with Gasteiger partial charge in [-0.3, -0.25) is 9.59 Å². The number of hydrogen-bond acceptors (Lipinski definition) is 5. The van der Waals surface area contributed by atoms with Crippen LogP contribution in [0.15, 0.2) is 12.2 Å². The van der Waals surface area contributed by atoms with Crippen LogP contribution in [0.3, 0.4) is 0 Å². The predicted octanol–water partition coefficient (Wildman–Crippen LogP) is 17.7. The van der Waals surface area contributed by atoms with Gasteiger partial charge < -0.3 is 20.3 Å². The zero-order valence-corrected chi connectivity index (χ0v) is 43.3. The van der Waals surface area contributed by atoms with Crippen LogP contribution in [0.4, 0.5) is 0 Å². The molecule has 380 valence electrons. The maximum atomic E-state index is 12.4. The summed E-state index contributed by atoms with van der Waals surface area (Å²) >= 11 is 0. The van der Waals surface area contributed by atoms with E-state index in [1.54, 1.807) is 0 Å². The van der Waals surface area contributed by atoms with Gasteiger partial charge in [-0.15, -0.1) is 0 Å². The molecule has 0 rings (SSSR count). The molecule has 0 heterocycles. The number of unbranched alkanes of at least 4 members (excludes halogenated alkanes) is 41. The van der Waals surface area contributed by atoms with Crippen LogP contribution in [0, 0.1) is 0 Å². The molecule has 0 aromatic rings. The van der Waals surface area contributed by atoms with Gasteiger partial charge in [0.05, 0.1) is 25.4 Å². The van der Waals surface area contributed by atoms with Crippen LogP contribution in [-0.2, 0) is 14.3 Å². The molecule has 6 nitrogen and oxygen atoms in total. The number of amides is 1. The molecule has 0 aliphatic heterocycles. The molecule has 1 amide bonds. The summed E-state index contributed by atoms with van der Waals surface area (Å²) in [6.07, 6.45) is 63.6. The van der Waals surface area contributed by atoms with Gasteiger partial charge in [0.1, 0.15) is 0 Å². The van der Waals surface area contributed by atoms with E-state index >= 15 is 0 Å². The zero-order chi connectivity index (χ0) is 46.5. The first kappa shape index (κ1) is 62.6. The van der Waals surface area contributed by atoms with Crippen LogP contribution in [-0.4, -0.2) is 47.4 Å². The van der Waals surface area contributed by atoms with Gasteiger partial charge in [-0.1, -0.05) is 270 Å². The maximum Gasteiger partial charge on any atom is 0.305 e. The average Bonchev–Trinajstić information content (AvgIpc) is 3.29.